The average molecular weight is 270 g/mol. The van der Waals surface area contributed by atoms with Crippen molar-refractivity contribution in [2.24, 2.45) is 0 Å². The van der Waals surface area contributed by atoms with Gasteiger partial charge in [-0.15, -0.1) is 0 Å². The zero-order valence-corrected chi connectivity index (χ0v) is 11.3. The minimum atomic E-state index is -0.120. The first kappa shape index (κ1) is 12.8. The summed E-state index contributed by atoms with van der Waals surface area (Å²) in [6, 6.07) is 5.67. The predicted molar refractivity (Wildman–Crippen MR) is 76.5 cm³/mol. The normalized spacial score (nSPS) is 16.0. The molecule has 0 saturated heterocycles. The molecule has 5 nitrogen and oxygen atoms in total. The highest BCUT2D eigenvalue weighted by Crippen LogP contribution is 2.29. The molecule has 1 aliphatic carbocycles. The number of amides is 1. The molecule has 0 unspecified atom stereocenters. The van der Waals surface area contributed by atoms with Crippen LogP contribution in [0.25, 0.3) is 0 Å². The van der Waals surface area contributed by atoms with Crippen molar-refractivity contribution in [1.29, 1.82) is 0 Å². The van der Waals surface area contributed by atoms with Crippen LogP contribution in [-0.4, -0.2) is 20.7 Å². The summed E-state index contributed by atoms with van der Waals surface area (Å²) < 4.78 is 1.96. The molecule has 5 heteroatoms. The first-order valence-electron chi connectivity index (χ1n) is 7.09. The van der Waals surface area contributed by atoms with Crippen molar-refractivity contribution in [3.63, 3.8) is 0 Å². The van der Waals surface area contributed by atoms with Gasteiger partial charge < -0.3 is 5.32 Å². The van der Waals surface area contributed by atoms with E-state index in [-0.39, 0.29) is 5.91 Å². The zero-order valence-electron chi connectivity index (χ0n) is 11.3. The number of aromatic nitrogens is 3. The average Bonchev–Trinajstić information content (AvgIpc) is 2.97. The van der Waals surface area contributed by atoms with Gasteiger partial charge in [0.25, 0.3) is 5.91 Å². The van der Waals surface area contributed by atoms with Gasteiger partial charge in [0.15, 0.2) is 0 Å². The fourth-order valence-corrected chi connectivity index (χ4v) is 2.72. The molecule has 0 aliphatic heterocycles. The molecule has 1 aliphatic rings. The topological polar surface area (TPSA) is 59.8 Å². The van der Waals surface area contributed by atoms with E-state index in [1.165, 1.54) is 19.3 Å². The van der Waals surface area contributed by atoms with Gasteiger partial charge >= 0.3 is 0 Å². The van der Waals surface area contributed by atoms with Gasteiger partial charge in [-0.05, 0) is 25.0 Å². The highest BCUT2D eigenvalue weighted by molar-refractivity contribution is 6.03. The highest BCUT2D eigenvalue weighted by atomic mass is 16.1. The fourth-order valence-electron chi connectivity index (χ4n) is 2.72. The van der Waals surface area contributed by atoms with E-state index in [1.54, 1.807) is 30.7 Å². The van der Waals surface area contributed by atoms with Crippen molar-refractivity contribution in [1.82, 2.24) is 14.8 Å². The number of nitrogens with zero attached hydrogens (tertiary/aromatic N) is 3. The Balaban J connectivity index is 1.75. The molecular formula is C15H18N4O. The second kappa shape index (κ2) is 5.86. The van der Waals surface area contributed by atoms with Crippen LogP contribution in [0.15, 0.2) is 36.8 Å². The number of hydrogen-bond acceptors (Lipinski definition) is 3. The van der Waals surface area contributed by atoms with Crippen LogP contribution < -0.4 is 5.32 Å². The van der Waals surface area contributed by atoms with Crippen molar-refractivity contribution in [3.05, 3.63) is 42.4 Å². The molecule has 0 spiro atoms. The SMILES string of the molecule is O=C(Nc1ccnn1C1CCCCC1)c1ccncc1. The molecule has 2 aromatic rings. The summed E-state index contributed by atoms with van der Waals surface area (Å²) in [7, 11) is 0. The largest absolute Gasteiger partial charge is 0.307 e. The molecule has 1 saturated carbocycles. The summed E-state index contributed by atoms with van der Waals surface area (Å²) >= 11 is 0. The summed E-state index contributed by atoms with van der Waals surface area (Å²) in [5, 5.41) is 7.31. The quantitative estimate of drug-likeness (QED) is 0.932. The third-order valence-corrected chi connectivity index (χ3v) is 3.77. The summed E-state index contributed by atoms with van der Waals surface area (Å²) in [6.45, 7) is 0. The van der Waals surface area contributed by atoms with Gasteiger partial charge in [0, 0.05) is 24.0 Å². The number of carbonyl (C=O) groups is 1. The molecule has 1 amide bonds. The first-order valence-corrected chi connectivity index (χ1v) is 7.09. The Hall–Kier alpha value is -2.17. The van der Waals surface area contributed by atoms with Crippen LogP contribution in [0, 0.1) is 0 Å². The van der Waals surface area contributed by atoms with Gasteiger partial charge in [0.1, 0.15) is 5.82 Å². The summed E-state index contributed by atoms with van der Waals surface area (Å²) in [5.41, 5.74) is 0.608. The van der Waals surface area contributed by atoms with Crippen molar-refractivity contribution < 1.29 is 4.79 Å². The van der Waals surface area contributed by atoms with Crippen LogP contribution in [0.3, 0.4) is 0 Å². The maximum absolute atomic E-state index is 12.2. The molecule has 2 aromatic heterocycles. The lowest BCUT2D eigenvalue weighted by Crippen LogP contribution is -2.20. The van der Waals surface area contributed by atoms with Gasteiger partial charge in [0.05, 0.1) is 12.2 Å². The summed E-state index contributed by atoms with van der Waals surface area (Å²) in [6.07, 6.45) is 11.0. The summed E-state index contributed by atoms with van der Waals surface area (Å²) in [5.74, 6) is 0.656. The van der Waals surface area contributed by atoms with E-state index in [9.17, 15) is 4.79 Å². The van der Waals surface area contributed by atoms with Crippen LogP contribution in [0.2, 0.25) is 0 Å². The van der Waals surface area contributed by atoms with Gasteiger partial charge in [-0.2, -0.15) is 5.10 Å². The molecule has 1 N–H and O–H groups in total. The molecule has 0 atom stereocenters. The second-order valence-corrected chi connectivity index (χ2v) is 5.14. The molecule has 1 fully saturated rings. The third kappa shape index (κ3) is 2.71. The van der Waals surface area contributed by atoms with Crippen molar-refractivity contribution in [2.75, 3.05) is 5.32 Å². The molecule has 0 radical (unpaired) electrons. The Morgan fingerprint density at radius 3 is 2.60 bits per heavy atom. The maximum atomic E-state index is 12.2. The number of nitrogens with one attached hydrogen (secondary N) is 1. The van der Waals surface area contributed by atoms with Gasteiger partial charge in [-0.1, -0.05) is 19.3 Å². The minimum Gasteiger partial charge on any atom is -0.307 e. The number of hydrogen-bond donors (Lipinski definition) is 1. The van der Waals surface area contributed by atoms with Crippen LogP contribution in [-0.2, 0) is 0 Å². The molecular weight excluding hydrogens is 252 g/mol. The van der Waals surface area contributed by atoms with E-state index in [2.05, 4.69) is 15.4 Å². The third-order valence-electron chi connectivity index (χ3n) is 3.77. The van der Waals surface area contributed by atoms with Crippen molar-refractivity contribution >= 4 is 11.7 Å². The Morgan fingerprint density at radius 1 is 1.10 bits per heavy atom. The van der Waals surface area contributed by atoms with E-state index >= 15 is 0 Å². The van der Waals surface area contributed by atoms with E-state index in [0.717, 1.165) is 18.7 Å². The Morgan fingerprint density at radius 2 is 1.85 bits per heavy atom. The van der Waals surface area contributed by atoms with Gasteiger partial charge in [0.2, 0.25) is 0 Å². The van der Waals surface area contributed by atoms with E-state index in [0.29, 0.717) is 11.6 Å². The minimum absolute atomic E-state index is 0.120. The highest BCUT2D eigenvalue weighted by Gasteiger charge is 2.19. The fraction of sp³-hybridized carbons (Fsp3) is 0.400. The number of pyridine rings is 1. The first-order chi connectivity index (χ1) is 9.84. The number of rotatable bonds is 3. The van der Waals surface area contributed by atoms with E-state index in [4.69, 9.17) is 0 Å². The van der Waals surface area contributed by atoms with Gasteiger partial charge in [-0.25, -0.2) is 4.68 Å². The van der Waals surface area contributed by atoms with Crippen LogP contribution in [0.1, 0.15) is 48.5 Å². The standard InChI is InChI=1S/C15H18N4O/c20-15(12-6-9-16-10-7-12)18-14-8-11-17-19(14)13-4-2-1-3-5-13/h6-11,13H,1-5H2,(H,18,20). The molecule has 3 rings (SSSR count). The number of anilines is 1. The lowest BCUT2D eigenvalue weighted by Gasteiger charge is -2.23. The van der Waals surface area contributed by atoms with E-state index < -0.39 is 0 Å². The predicted octanol–water partition coefficient (Wildman–Crippen LogP) is 3.04. The van der Waals surface area contributed by atoms with E-state index in [1.807, 2.05) is 10.7 Å². The molecule has 20 heavy (non-hydrogen) atoms. The van der Waals surface area contributed by atoms with Gasteiger partial charge in [-0.3, -0.25) is 9.78 Å². The smallest absolute Gasteiger partial charge is 0.256 e. The Kier molecular flexibility index (Phi) is 3.76. The molecule has 104 valence electrons. The Bertz CT molecular complexity index is 573. The van der Waals surface area contributed by atoms with Crippen molar-refractivity contribution in [2.45, 2.75) is 38.1 Å². The summed E-state index contributed by atoms with van der Waals surface area (Å²) in [4.78, 5) is 16.1. The molecule has 0 bridgehead atoms. The number of carbonyl (C=O) groups excluding carboxylic acids is 1. The second-order valence-electron chi connectivity index (χ2n) is 5.14. The van der Waals surface area contributed by atoms with Crippen molar-refractivity contribution in [3.8, 4) is 0 Å². The lowest BCUT2D eigenvalue weighted by atomic mass is 9.96. The molecule has 0 aromatic carbocycles. The zero-order chi connectivity index (χ0) is 13.8. The van der Waals surface area contributed by atoms with Crippen LogP contribution in [0.5, 0.6) is 0 Å². The maximum Gasteiger partial charge on any atom is 0.256 e. The van der Waals surface area contributed by atoms with Crippen LogP contribution >= 0.6 is 0 Å². The Labute approximate surface area is 118 Å². The van der Waals surface area contributed by atoms with Crippen LogP contribution in [0.4, 0.5) is 5.82 Å². The monoisotopic (exact) mass is 270 g/mol. The lowest BCUT2D eigenvalue weighted by molar-refractivity contribution is 0.102. The molecule has 2 heterocycles.